The number of methoxy groups -OCH3 is 1. The van der Waals surface area contributed by atoms with E-state index in [-0.39, 0.29) is 5.91 Å². The highest BCUT2D eigenvalue weighted by Crippen LogP contribution is 2.22. The SMILES string of the molecule is COCCOCC1CCN(C(=O)c2ccc3nc(Cl)ccc3c2)C1. The predicted molar refractivity (Wildman–Crippen MR) is 93.5 cm³/mol. The summed E-state index contributed by atoms with van der Waals surface area (Å²) in [7, 11) is 1.66. The summed E-state index contributed by atoms with van der Waals surface area (Å²) < 4.78 is 10.5. The van der Waals surface area contributed by atoms with Gasteiger partial charge in [0.2, 0.25) is 0 Å². The number of amides is 1. The van der Waals surface area contributed by atoms with E-state index in [1.807, 2.05) is 29.2 Å². The Labute approximate surface area is 146 Å². The smallest absolute Gasteiger partial charge is 0.253 e. The van der Waals surface area contributed by atoms with Gasteiger partial charge < -0.3 is 14.4 Å². The molecule has 1 saturated heterocycles. The number of benzene rings is 1. The Hall–Kier alpha value is -1.69. The number of carbonyl (C=O) groups excluding carboxylic acids is 1. The summed E-state index contributed by atoms with van der Waals surface area (Å²) in [4.78, 5) is 18.8. The van der Waals surface area contributed by atoms with Gasteiger partial charge in [0.15, 0.2) is 0 Å². The monoisotopic (exact) mass is 348 g/mol. The van der Waals surface area contributed by atoms with E-state index in [1.54, 1.807) is 13.2 Å². The second-order valence-electron chi connectivity index (χ2n) is 6.02. The van der Waals surface area contributed by atoms with Gasteiger partial charge in [-0.15, -0.1) is 0 Å². The fourth-order valence-corrected chi connectivity index (χ4v) is 3.12. The van der Waals surface area contributed by atoms with Crippen LogP contribution in [0.3, 0.4) is 0 Å². The quantitative estimate of drug-likeness (QED) is 0.595. The molecule has 128 valence electrons. The lowest BCUT2D eigenvalue weighted by atomic mass is 10.1. The second kappa shape index (κ2) is 7.92. The largest absolute Gasteiger partial charge is 0.382 e. The second-order valence-corrected chi connectivity index (χ2v) is 6.40. The number of hydrogen-bond donors (Lipinski definition) is 0. The Morgan fingerprint density at radius 2 is 2.21 bits per heavy atom. The number of hydrogen-bond acceptors (Lipinski definition) is 4. The van der Waals surface area contributed by atoms with Crippen LogP contribution in [0.2, 0.25) is 5.15 Å². The Balaban J connectivity index is 1.61. The third-order valence-corrected chi connectivity index (χ3v) is 4.47. The number of ether oxygens (including phenoxy) is 2. The first-order chi connectivity index (χ1) is 11.7. The molecule has 2 heterocycles. The van der Waals surface area contributed by atoms with Crippen LogP contribution in [0, 0.1) is 5.92 Å². The molecule has 1 atom stereocenters. The van der Waals surface area contributed by atoms with E-state index in [2.05, 4.69) is 4.98 Å². The van der Waals surface area contributed by atoms with Crippen molar-refractivity contribution in [2.75, 3.05) is 40.0 Å². The number of nitrogens with zero attached hydrogens (tertiary/aromatic N) is 2. The summed E-state index contributed by atoms with van der Waals surface area (Å²) in [6, 6.07) is 9.16. The lowest BCUT2D eigenvalue weighted by Gasteiger charge is -2.17. The van der Waals surface area contributed by atoms with E-state index in [9.17, 15) is 4.79 Å². The van der Waals surface area contributed by atoms with Crippen molar-refractivity contribution in [2.24, 2.45) is 5.92 Å². The first-order valence-electron chi connectivity index (χ1n) is 8.09. The average molecular weight is 349 g/mol. The Morgan fingerprint density at radius 3 is 3.04 bits per heavy atom. The van der Waals surface area contributed by atoms with Crippen LogP contribution < -0.4 is 0 Å². The number of likely N-dealkylation sites (tertiary alicyclic amines) is 1. The fraction of sp³-hybridized carbons (Fsp3) is 0.444. The molecule has 0 radical (unpaired) electrons. The molecule has 0 aliphatic carbocycles. The van der Waals surface area contributed by atoms with Gasteiger partial charge in [-0.3, -0.25) is 4.79 Å². The van der Waals surface area contributed by atoms with Gasteiger partial charge >= 0.3 is 0 Å². The van der Waals surface area contributed by atoms with Crippen LogP contribution in [-0.4, -0.2) is 55.8 Å². The minimum atomic E-state index is 0.0613. The molecule has 1 aromatic carbocycles. The molecular weight excluding hydrogens is 328 g/mol. The molecule has 6 heteroatoms. The lowest BCUT2D eigenvalue weighted by Crippen LogP contribution is -2.29. The molecule has 0 saturated carbocycles. The normalized spacial score (nSPS) is 17.6. The maximum Gasteiger partial charge on any atom is 0.253 e. The van der Waals surface area contributed by atoms with Crippen molar-refractivity contribution in [2.45, 2.75) is 6.42 Å². The topological polar surface area (TPSA) is 51.7 Å². The molecule has 1 amide bonds. The van der Waals surface area contributed by atoms with Crippen LogP contribution in [0.5, 0.6) is 0 Å². The Kier molecular flexibility index (Phi) is 5.66. The van der Waals surface area contributed by atoms with Gasteiger partial charge in [-0.2, -0.15) is 0 Å². The first kappa shape index (κ1) is 17.1. The fourth-order valence-electron chi connectivity index (χ4n) is 2.96. The molecule has 1 aliphatic rings. The van der Waals surface area contributed by atoms with Crippen LogP contribution in [-0.2, 0) is 9.47 Å². The van der Waals surface area contributed by atoms with Crippen molar-refractivity contribution in [3.05, 3.63) is 41.0 Å². The van der Waals surface area contributed by atoms with Gasteiger partial charge in [0, 0.05) is 37.1 Å². The van der Waals surface area contributed by atoms with E-state index < -0.39 is 0 Å². The van der Waals surface area contributed by atoms with Gasteiger partial charge in [-0.1, -0.05) is 11.6 Å². The zero-order valence-corrected chi connectivity index (χ0v) is 14.5. The van der Waals surface area contributed by atoms with Crippen LogP contribution in [0.15, 0.2) is 30.3 Å². The van der Waals surface area contributed by atoms with Gasteiger partial charge in [0.05, 0.1) is 25.3 Å². The minimum Gasteiger partial charge on any atom is -0.382 e. The van der Waals surface area contributed by atoms with E-state index >= 15 is 0 Å². The first-order valence-corrected chi connectivity index (χ1v) is 8.47. The summed E-state index contributed by atoms with van der Waals surface area (Å²) in [5, 5.41) is 1.38. The summed E-state index contributed by atoms with van der Waals surface area (Å²) in [6.07, 6.45) is 0.976. The molecule has 5 nitrogen and oxygen atoms in total. The number of halogens is 1. The summed E-state index contributed by atoms with van der Waals surface area (Å²) >= 11 is 5.90. The van der Waals surface area contributed by atoms with Gasteiger partial charge in [0.1, 0.15) is 5.15 Å². The van der Waals surface area contributed by atoms with Crippen molar-refractivity contribution in [1.82, 2.24) is 9.88 Å². The number of rotatable bonds is 6. The molecule has 0 spiro atoms. The summed E-state index contributed by atoms with van der Waals surface area (Å²) in [5.74, 6) is 0.456. The molecule has 1 aromatic heterocycles. The molecule has 2 aromatic rings. The predicted octanol–water partition coefficient (Wildman–Crippen LogP) is 3.01. The highest BCUT2D eigenvalue weighted by molar-refractivity contribution is 6.29. The van der Waals surface area contributed by atoms with Gasteiger partial charge in [-0.25, -0.2) is 4.98 Å². The molecular formula is C18H21ClN2O3. The van der Waals surface area contributed by atoms with Crippen LogP contribution in [0.4, 0.5) is 0 Å². The zero-order chi connectivity index (χ0) is 16.9. The van der Waals surface area contributed by atoms with Crippen molar-refractivity contribution >= 4 is 28.4 Å². The summed E-state index contributed by atoms with van der Waals surface area (Å²) in [5.41, 5.74) is 1.48. The van der Waals surface area contributed by atoms with Crippen molar-refractivity contribution < 1.29 is 14.3 Å². The van der Waals surface area contributed by atoms with E-state index in [0.717, 1.165) is 30.4 Å². The zero-order valence-electron chi connectivity index (χ0n) is 13.7. The Morgan fingerprint density at radius 1 is 1.33 bits per heavy atom. The maximum absolute atomic E-state index is 12.7. The van der Waals surface area contributed by atoms with Crippen LogP contribution in [0.25, 0.3) is 10.9 Å². The number of pyridine rings is 1. The summed E-state index contributed by atoms with van der Waals surface area (Å²) in [6.45, 7) is 3.38. The molecule has 24 heavy (non-hydrogen) atoms. The third kappa shape index (κ3) is 4.04. The lowest BCUT2D eigenvalue weighted by molar-refractivity contribution is 0.0515. The Bertz CT molecular complexity index is 722. The van der Waals surface area contributed by atoms with Crippen molar-refractivity contribution in [3.63, 3.8) is 0 Å². The van der Waals surface area contributed by atoms with Gasteiger partial charge in [-0.05, 0) is 36.8 Å². The molecule has 0 bridgehead atoms. The highest BCUT2D eigenvalue weighted by Gasteiger charge is 2.27. The number of fused-ring (bicyclic) bond motifs is 1. The number of aromatic nitrogens is 1. The van der Waals surface area contributed by atoms with Gasteiger partial charge in [0.25, 0.3) is 5.91 Å². The number of carbonyl (C=O) groups is 1. The van der Waals surface area contributed by atoms with Crippen molar-refractivity contribution in [1.29, 1.82) is 0 Å². The van der Waals surface area contributed by atoms with E-state index in [4.69, 9.17) is 21.1 Å². The molecule has 1 fully saturated rings. The minimum absolute atomic E-state index is 0.0613. The van der Waals surface area contributed by atoms with E-state index in [0.29, 0.717) is 36.5 Å². The van der Waals surface area contributed by atoms with Crippen LogP contribution in [0.1, 0.15) is 16.8 Å². The average Bonchev–Trinajstić information content (AvgIpc) is 3.06. The molecule has 3 rings (SSSR count). The maximum atomic E-state index is 12.7. The van der Waals surface area contributed by atoms with E-state index in [1.165, 1.54) is 0 Å². The standard InChI is InChI=1S/C18H21ClN2O3/c1-23-8-9-24-12-13-6-7-21(11-13)18(22)15-2-4-16-14(10-15)3-5-17(19)20-16/h2-5,10,13H,6-9,11-12H2,1H3. The van der Waals surface area contributed by atoms with Crippen molar-refractivity contribution in [3.8, 4) is 0 Å². The molecule has 1 aliphatic heterocycles. The third-order valence-electron chi connectivity index (χ3n) is 4.26. The molecule has 0 N–H and O–H groups in total. The molecule has 1 unspecified atom stereocenters. The highest BCUT2D eigenvalue weighted by atomic mass is 35.5. The van der Waals surface area contributed by atoms with Crippen LogP contribution >= 0.6 is 11.6 Å².